The molecule has 0 spiro atoms. The molecule has 0 amide bonds. The van der Waals surface area contributed by atoms with E-state index in [1.54, 1.807) is 12.3 Å². The molecular weight excluding hydrogens is 229 g/mol. The van der Waals surface area contributed by atoms with E-state index in [1.165, 1.54) is 4.40 Å². The van der Waals surface area contributed by atoms with Gasteiger partial charge in [-0.25, -0.2) is 4.98 Å². The lowest BCUT2D eigenvalue weighted by Gasteiger charge is -2.19. The van der Waals surface area contributed by atoms with Crippen molar-refractivity contribution in [2.24, 2.45) is 0 Å². The molecule has 0 atom stereocenters. The highest BCUT2D eigenvalue weighted by molar-refractivity contribution is 5.52. The van der Waals surface area contributed by atoms with Gasteiger partial charge in [-0.1, -0.05) is 26.8 Å². The van der Waals surface area contributed by atoms with Gasteiger partial charge in [0.2, 0.25) is 0 Å². The minimum atomic E-state index is -4.40. The van der Waals surface area contributed by atoms with Crippen LogP contribution in [0.5, 0.6) is 0 Å². The Hall–Kier alpha value is -1.52. The van der Waals surface area contributed by atoms with Gasteiger partial charge in [-0.05, 0) is 11.5 Å². The quantitative estimate of drug-likeness (QED) is 0.689. The molecule has 2 aromatic rings. The Balaban J connectivity index is 2.70. The molecule has 0 bridgehead atoms. The van der Waals surface area contributed by atoms with Crippen molar-refractivity contribution < 1.29 is 13.2 Å². The molecule has 2 aromatic heterocycles. The molecule has 5 heteroatoms. The molecule has 0 radical (unpaired) electrons. The van der Waals surface area contributed by atoms with Gasteiger partial charge in [0.1, 0.15) is 5.65 Å². The highest BCUT2D eigenvalue weighted by atomic mass is 19.4. The molecule has 0 fully saturated rings. The number of hydrogen-bond donors (Lipinski definition) is 0. The van der Waals surface area contributed by atoms with Crippen LogP contribution in [-0.2, 0) is 11.6 Å². The summed E-state index contributed by atoms with van der Waals surface area (Å²) in [6.45, 7) is 5.85. The van der Waals surface area contributed by atoms with Crippen molar-refractivity contribution >= 4 is 5.65 Å². The van der Waals surface area contributed by atoms with Gasteiger partial charge in [0, 0.05) is 18.0 Å². The minimum Gasteiger partial charge on any atom is -0.306 e. The van der Waals surface area contributed by atoms with E-state index in [-0.39, 0.29) is 5.41 Å². The van der Waals surface area contributed by atoms with Crippen LogP contribution in [0.25, 0.3) is 5.65 Å². The fourth-order valence-corrected chi connectivity index (χ4v) is 1.74. The van der Waals surface area contributed by atoms with E-state index in [2.05, 4.69) is 4.98 Å². The zero-order valence-corrected chi connectivity index (χ0v) is 9.84. The Kier molecular flexibility index (Phi) is 2.45. The van der Waals surface area contributed by atoms with Gasteiger partial charge >= 0.3 is 6.18 Å². The Morgan fingerprint density at radius 1 is 1.18 bits per heavy atom. The smallest absolute Gasteiger partial charge is 0.306 e. The summed E-state index contributed by atoms with van der Waals surface area (Å²) in [6.07, 6.45) is -1.81. The highest BCUT2D eigenvalue weighted by Gasteiger charge is 2.34. The monoisotopic (exact) mass is 242 g/mol. The summed E-state index contributed by atoms with van der Waals surface area (Å²) in [6, 6.07) is 3.54. The van der Waals surface area contributed by atoms with E-state index in [4.69, 9.17) is 0 Å². The highest BCUT2D eigenvalue weighted by Crippen LogP contribution is 2.31. The maximum Gasteiger partial charge on any atom is 0.434 e. The Morgan fingerprint density at radius 2 is 1.82 bits per heavy atom. The van der Waals surface area contributed by atoms with Crippen molar-refractivity contribution in [3.63, 3.8) is 0 Å². The largest absolute Gasteiger partial charge is 0.434 e. The molecule has 2 rings (SSSR count). The van der Waals surface area contributed by atoms with Crippen LogP contribution in [0, 0.1) is 0 Å². The second-order valence-corrected chi connectivity index (χ2v) is 5.03. The number of alkyl halides is 3. The van der Waals surface area contributed by atoms with Crippen LogP contribution >= 0.6 is 0 Å². The molecule has 0 unspecified atom stereocenters. The Bertz CT molecular complexity index is 547. The van der Waals surface area contributed by atoms with Gasteiger partial charge in [-0.15, -0.1) is 0 Å². The summed E-state index contributed by atoms with van der Waals surface area (Å²) in [5.41, 5.74) is 0.0773. The fourth-order valence-electron chi connectivity index (χ4n) is 1.74. The first kappa shape index (κ1) is 12.0. The molecule has 17 heavy (non-hydrogen) atoms. The maximum absolute atomic E-state index is 12.6. The third-order valence-corrected chi connectivity index (χ3v) is 2.58. The van der Waals surface area contributed by atoms with Crippen LogP contribution in [0.3, 0.4) is 0 Å². The Labute approximate surface area is 97.1 Å². The average Bonchev–Trinajstić information content (AvgIpc) is 2.57. The first-order valence-electron chi connectivity index (χ1n) is 5.25. The van der Waals surface area contributed by atoms with Gasteiger partial charge in [0.25, 0.3) is 0 Å². The van der Waals surface area contributed by atoms with Crippen LogP contribution in [0.15, 0.2) is 24.5 Å². The number of halogens is 3. The summed E-state index contributed by atoms with van der Waals surface area (Å²) in [5, 5.41) is 0. The summed E-state index contributed by atoms with van der Waals surface area (Å²) in [7, 11) is 0. The lowest BCUT2D eigenvalue weighted by molar-refractivity contribution is -0.140. The van der Waals surface area contributed by atoms with Crippen LogP contribution in [0.1, 0.15) is 32.0 Å². The topological polar surface area (TPSA) is 17.3 Å². The molecule has 2 nitrogen and oxygen atoms in total. The third-order valence-electron chi connectivity index (χ3n) is 2.58. The second-order valence-electron chi connectivity index (χ2n) is 5.03. The second kappa shape index (κ2) is 3.48. The standard InChI is InChI=1S/C12H13F3N2/c1-11(2,3)8-5-4-6-17-7-9(12(13,14)15)16-10(8)17/h4-7H,1-3H3. The molecule has 0 aliphatic rings. The van der Waals surface area contributed by atoms with Crippen molar-refractivity contribution in [1.29, 1.82) is 0 Å². The van der Waals surface area contributed by atoms with Crippen molar-refractivity contribution in [1.82, 2.24) is 9.38 Å². The molecular formula is C12H13F3N2. The van der Waals surface area contributed by atoms with Crippen molar-refractivity contribution in [2.75, 3.05) is 0 Å². The number of nitrogens with zero attached hydrogens (tertiary/aromatic N) is 2. The van der Waals surface area contributed by atoms with Crippen molar-refractivity contribution in [2.45, 2.75) is 32.4 Å². The van der Waals surface area contributed by atoms with Crippen LogP contribution < -0.4 is 0 Å². The zero-order valence-electron chi connectivity index (χ0n) is 9.84. The molecule has 0 aliphatic carbocycles. The van der Waals surface area contributed by atoms with Gasteiger partial charge in [-0.2, -0.15) is 13.2 Å². The zero-order chi connectivity index (χ0) is 12.8. The number of imidazole rings is 1. The van der Waals surface area contributed by atoms with Crippen LogP contribution in [0.2, 0.25) is 0 Å². The first-order chi connectivity index (χ1) is 7.69. The molecule has 92 valence electrons. The van der Waals surface area contributed by atoms with Crippen LogP contribution in [-0.4, -0.2) is 9.38 Å². The van der Waals surface area contributed by atoms with Crippen molar-refractivity contribution in [3.05, 3.63) is 35.8 Å². The normalized spacial score (nSPS) is 13.3. The number of pyridine rings is 1. The molecule has 0 aliphatic heterocycles. The van der Waals surface area contributed by atoms with E-state index < -0.39 is 11.9 Å². The lowest BCUT2D eigenvalue weighted by atomic mass is 9.88. The van der Waals surface area contributed by atoms with Crippen LogP contribution in [0.4, 0.5) is 13.2 Å². The van der Waals surface area contributed by atoms with Gasteiger partial charge in [0.05, 0.1) is 0 Å². The van der Waals surface area contributed by atoms with Gasteiger partial charge in [0.15, 0.2) is 5.69 Å². The molecule has 0 aromatic carbocycles. The molecule has 2 heterocycles. The van der Waals surface area contributed by atoms with E-state index in [1.807, 2.05) is 26.8 Å². The predicted octanol–water partition coefficient (Wildman–Crippen LogP) is 3.65. The van der Waals surface area contributed by atoms with E-state index in [0.717, 1.165) is 11.8 Å². The third kappa shape index (κ3) is 2.14. The predicted molar refractivity (Wildman–Crippen MR) is 58.9 cm³/mol. The fraction of sp³-hybridized carbons (Fsp3) is 0.417. The van der Waals surface area contributed by atoms with E-state index in [0.29, 0.717) is 5.65 Å². The summed E-state index contributed by atoms with van der Waals surface area (Å²) >= 11 is 0. The Morgan fingerprint density at radius 3 is 2.35 bits per heavy atom. The molecule has 0 saturated carbocycles. The lowest BCUT2D eigenvalue weighted by Crippen LogP contribution is -2.13. The first-order valence-corrected chi connectivity index (χ1v) is 5.25. The van der Waals surface area contributed by atoms with E-state index in [9.17, 15) is 13.2 Å². The van der Waals surface area contributed by atoms with Crippen molar-refractivity contribution in [3.8, 4) is 0 Å². The van der Waals surface area contributed by atoms with Gasteiger partial charge in [-0.3, -0.25) is 0 Å². The summed E-state index contributed by atoms with van der Waals surface area (Å²) < 4.78 is 39.2. The summed E-state index contributed by atoms with van der Waals surface area (Å²) in [5.74, 6) is 0. The molecule has 0 saturated heterocycles. The molecule has 0 N–H and O–H groups in total. The van der Waals surface area contributed by atoms with E-state index >= 15 is 0 Å². The average molecular weight is 242 g/mol. The number of rotatable bonds is 0. The number of fused-ring (bicyclic) bond motifs is 1. The number of aromatic nitrogens is 2. The minimum absolute atomic E-state index is 0.239. The maximum atomic E-state index is 12.6. The SMILES string of the molecule is CC(C)(C)c1cccn2cc(C(F)(F)F)nc12. The van der Waals surface area contributed by atoms with Gasteiger partial charge < -0.3 is 4.40 Å². The number of hydrogen-bond acceptors (Lipinski definition) is 1. The summed E-state index contributed by atoms with van der Waals surface area (Å²) in [4.78, 5) is 3.69.